The van der Waals surface area contributed by atoms with Crippen LogP contribution in [0.5, 0.6) is 0 Å². The van der Waals surface area contributed by atoms with E-state index in [0.29, 0.717) is 11.6 Å². The molecule has 1 aliphatic rings. The molecule has 6 nitrogen and oxygen atoms in total. The van der Waals surface area contributed by atoms with Crippen molar-refractivity contribution in [3.63, 3.8) is 0 Å². The van der Waals surface area contributed by atoms with Crippen LogP contribution in [-0.4, -0.2) is 28.8 Å². The second-order valence-corrected chi connectivity index (χ2v) is 9.02. The van der Waals surface area contributed by atoms with Crippen LogP contribution in [0.1, 0.15) is 34.3 Å². The number of ether oxygens (including phenoxy) is 1. The Morgan fingerprint density at radius 2 is 1.81 bits per heavy atom. The second kappa shape index (κ2) is 8.72. The molecule has 10 heteroatoms. The van der Waals surface area contributed by atoms with Gasteiger partial charge in [0.25, 0.3) is 0 Å². The summed E-state index contributed by atoms with van der Waals surface area (Å²) in [6.07, 6.45) is -2.39. The molecule has 0 bridgehead atoms. The fourth-order valence-electron chi connectivity index (χ4n) is 4.54. The van der Waals surface area contributed by atoms with Crippen molar-refractivity contribution in [3.8, 4) is 11.1 Å². The van der Waals surface area contributed by atoms with Crippen LogP contribution in [-0.2, 0) is 28.2 Å². The number of halogens is 4. The van der Waals surface area contributed by atoms with Crippen LogP contribution in [0, 0.1) is 5.82 Å². The summed E-state index contributed by atoms with van der Waals surface area (Å²) in [5.74, 6) is -2.27. The van der Waals surface area contributed by atoms with Crippen molar-refractivity contribution in [2.45, 2.75) is 24.4 Å². The van der Waals surface area contributed by atoms with Crippen molar-refractivity contribution in [2.75, 3.05) is 12.4 Å². The average Bonchev–Trinajstić information content (AvgIpc) is 3.60. The highest BCUT2D eigenvalue weighted by Crippen LogP contribution is 2.50. The smallest absolute Gasteiger partial charge is 0.416 e. The molecule has 0 spiro atoms. The Kier molecular flexibility index (Phi) is 5.77. The summed E-state index contributed by atoms with van der Waals surface area (Å²) in [7, 11) is 3.05. The van der Waals surface area contributed by atoms with Crippen molar-refractivity contribution in [3.05, 3.63) is 83.3 Å². The maximum Gasteiger partial charge on any atom is 0.416 e. The number of aryl methyl sites for hydroxylation is 1. The number of rotatable bonds is 5. The number of aromatic nitrogens is 2. The number of fused-ring (bicyclic) bond motifs is 1. The number of hydrogen-bond donors (Lipinski definition) is 1. The number of esters is 1. The molecule has 5 rings (SSSR count). The van der Waals surface area contributed by atoms with Gasteiger partial charge in [0.2, 0.25) is 5.91 Å². The number of carbonyl (C=O) groups excluding carboxylic acids is 2. The molecule has 1 aliphatic carbocycles. The van der Waals surface area contributed by atoms with Gasteiger partial charge in [0.1, 0.15) is 5.82 Å². The maximum absolute atomic E-state index is 14.6. The molecule has 3 aromatic carbocycles. The van der Waals surface area contributed by atoms with Crippen LogP contribution in [0.15, 0.2) is 60.8 Å². The van der Waals surface area contributed by atoms with Crippen LogP contribution < -0.4 is 5.32 Å². The molecular formula is C27H21F4N3O3. The Hall–Kier alpha value is -4.21. The predicted molar refractivity (Wildman–Crippen MR) is 128 cm³/mol. The normalized spacial score (nSPS) is 14.4. The van der Waals surface area contributed by atoms with Gasteiger partial charge in [-0.25, -0.2) is 9.18 Å². The van der Waals surface area contributed by atoms with Crippen LogP contribution in [0.2, 0.25) is 0 Å². The topological polar surface area (TPSA) is 73.2 Å². The first kappa shape index (κ1) is 24.5. The Bertz CT molecular complexity index is 1550. The lowest BCUT2D eigenvalue weighted by atomic mass is 9.92. The SMILES string of the molecule is COC(=O)c1cc(NC(=O)C2(c3ccc(C(F)(F)F)cc3F)CC2)ccc1-c1ccc2cnn(C)c2c1. The molecule has 0 unspecified atom stereocenters. The van der Waals surface area contributed by atoms with Crippen molar-refractivity contribution in [1.82, 2.24) is 9.78 Å². The van der Waals surface area contributed by atoms with Crippen molar-refractivity contribution < 1.29 is 31.9 Å². The first-order chi connectivity index (χ1) is 17.5. The van der Waals surface area contributed by atoms with Crippen LogP contribution >= 0.6 is 0 Å². The number of anilines is 1. The van der Waals surface area contributed by atoms with E-state index >= 15 is 0 Å². The summed E-state index contributed by atoms with van der Waals surface area (Å²) < 4.78 is 60.1. The lowest BCUT2D eigenvalue weighted by Crippen LogP contribution is -2.29. The second-order valence-electron chi connectivity index (χ2n) is 9.02. The molecule has 0 atom stereocenters. The van der Waals surface area contributed by atoms with Gasteiger partial charge in [-0.3, -0.25) is 9.48 Å². The molecule has 0 saturated heterocycles. The third-order valence-electron chi connectivity index (χ3n) is 6.74. The Morgan fingerprint density at radius 1 is 1.05 bits per heavy atom. The lowest BCUT2D eigenvalue weighted by Gasteiger charge is -2.18. The summed E-state index contributed by atoms with van der Waals surface area (Å²) >= 11 is 0. The minimum atomic E-state index is -4.69. The quantitative estimate of drug-likeness (QED) is 0.269. The van der Waals surface area contributed by atoms with Crippen molar-refractivity contribution >= 4 is 28.5 Å². The minimum absolute atomic E-state index is 0.0905. The Labute approximate surface area is 208 Å². The molecule has 4 aromatic rings. The van der Waals surface area contributed by atoms with E-state index in [0.717, 1.165) is 28.6 Å². The van der Waals surface area contributed by atoms with E-state index in [4.69, 9.17) is 4.74 Å². The van der Waals surface area contributed by atoms with Crippen LogP contribution in [0.25, 0.3) is 22.0 Å². The summed E-state index contributed by atoms with van der Waals surface area (Å²) in [6, 6.07) is 12.5. The van der Waals surface area contributed by atoms with E-state index in [1.54, 1.807) is 30.1 Å². The largest absolute Gasteiger partial charge is 0.465 e. The number of nitrogens with zero attached hydrogens (tertiary/aromatic N) is 2. The Morgan fingerprint density at radius 3 is 2.46 bits per heavy atom. The zero-order chi connectivity index (χ0) is 26.5. The first-order valence-corrected chi connectivity index (χ1v) is 11.4. The molecule has 1 aromatic heterocycles. The van der Waals surface area contributed by atoms with E-state index in [2.05, 4.69) is 10.4 Å². The third kappa shape index (κ3) is 4.32. The highest BCUT2D eigenvalue weighted by Gasteiger charge is 2.53. The molecular weight excluding hydrogens is 490 g/mol. The van der Waals surface area contributed by atoms with Gasteiger partial charge < -0.3 is 10.1 Å². The number of nitrogens with one attached hydrogen (secondary N) is 1. The molecule has 1 saturated carbocycles. The van der Waals surface area contributed by atoms with E-state index < -0.39 is 34.8 Å². The molecule has 1 N–H and O–H groups in total. The third-order valence-corrected chi connectivity index (χ3v) is 6.74. The number of methoxy groups -OCH3 is 1. The monoisotopic (exact) mass is 511 g/mol. The summed E-state index contributed by atoms with van der Waals surface area (Å²) in [6.45, 7) is 0. The molecule has 1 amide bonds. The number of alkyl halides is 3. The zero-order valence-electron chi connectivity index (χ0n) is 19.8. The fraction of sp³-hybridized carbons (Fsp3) is 0.222. The van der Waals surface area contributed by atoms with Crippen molar-refractivity contribution in [2.24, 2.45) is 7.05 Å². The van der Waals surface area contributed by atoms with Gasteiger partial charge in [0.05, 0.1) is 35.4 Å². The fourth-order valence-corrected chi connectivity index (χ4v) is 4.54. The predicted octanol–water partition coefficient (Wildman–Crippen LogP) is 5.86. The number of amides is 1. The average molecular weight is 511 g/mol. The molecule has 0 aliphatic heterocycles. The summed E-state index contributed by atoms with van der Waals surface area (Å²) in [5.41, 5.74) is 0.160. The molecule has 0 radical (unpaired) electrons. The number of benzene rings is 3. The maximum atomic E-state index is 14.6. The zero-order valence-corrected chi connectivity index (χ0v) is 19.8. The lowest BCUT2D eigenvalue weighted by molar-refractivity contribution is -0.137. The first-order valence-electron chi connectivity index (χ1n) is 11.4. The van der Waals surface area contributed by atoms with Gasteiger partial charge in [0.15, 0.2) is 0 Å². The highest BCUT2D eigenvalue weighted by molar-refractivity contribution is 6.04. The van der Waals surface area contributed by atoms with E-state index in [9.17, 15) is 27.2 Å². The molecule has 190 valence electrons. The molecule has 37 heavy (non-hydrogen) atoms. The Balaban J connectivity index is 1.46. The van der Waals surface area contributed by atoms with Gasteiger partial charge in [-0.05, 0) is 54.3 Å². The molecule has 1 heterocycles. The van der Waals surface area contributed by atoms with Crippen LogP contribution in [0.3, 0.4) is 0 Å². The van der Waals surface area contributed by atoms with Gasteiger partial charge in [0, 0.05) is 23.7 Å². The van der Waals surface area contributed by atoms with Crippen LogP contribution in [0.4, 0.5) is 23.2 Å². The summed E-state index contributed by atoms with van der Waals surface area (Å²) in [4.78, 5) is 25.8. The molecule has 1 fully saturated rings. The van der Waals surface area contributed by atoms with Gasteiger partial charge in [-0.2, -0.15) is 18.3 Å². The summed E-state index contributed by atoms with van der Waals surface area (Å²) in [5, 5.41) is 7.85. The van der Waals surface area contributed by atoms with Gasteiger partial charge in [-0.1, -0.05) is 24.3 Å². The van der Waals surface area contributed by atoms with E-state index in [1.165, 1.54) is 13.2 Å². The number of carbonyl (C=O) groups is 2. The van der Waals surface area contributed by atoms with Crippen molar-refractivity contribution in [1.29, 1.82) is 0 Å². The number of hydrogen-bond acceptors (Lipinski definition) is 4. The standard InChI is InChI=1S/C27H21F4N3O3/c1-34-23-11-15(3-4-16(23)14-32-34)19-7-6-18(13-20(19)24(35)37-2)33-25(36)26(9-10-26)21-8-5-17(12-22(21)28)27(29,30)31/h3-8,11-14H,9-10H2,1-2H3,(H,33,36). The van der Waals surface area contributed by atoms with Gasteiger partial charge >= 0.3 is 12.1 Å². The van der Waals surface area contributed by atoms with E-state index in [1.807, 2.05) is 18.2 Å². The van der Waals surface area contributed by atoms with Gasteiger partial charge in [-0.15, -0.1) is 0 Å². The highest BCUT2D eigenvalue weighted by atomic mass is 19.4. The van der Waals surface area contributed by atoms with E-state index in [-0.39, 0.29) is 29.7 Å². The minimum Gasteiger partial charge on any atom is -0.465 e.